The monoisotopic (exact) mass is 337 g/mol. The van der Waals surface area contributed by atoms with Gasteiger partial charge in [0.25, 0.3) is 0 Å². The molecule has 110 valence electrons. The first-order valence-corrected chi connectivity index (χ1v) is 8.57. The van der Waals surface area contributed by atoms with Crippen molar-refractivity contribution in [1.82, 2.24) is 5.32 Å². The summed E-state index contributed by atoms with van der Waals surface area (Å²) in [7, 11) is 2.06. The molecule has 2 nitrogen and oxygen atoms in total. The molecule has 0 bridgehead atoms. The van der Waals surface area contributed by atoms with Gasteiger partial charge < -0.3 is 10.1 Å². The third-order valence-corrected chi connectivity index (χ3v) is 5.52. The van der Waals surface area contributed by atoms with Crippen LogP contribution >= 0.6 is 15.9 Å². The summed E-state index contributed by atoms with van der Waals surface area (Å²) in [5.74, 6) is 1.91. The second-order valence-corrected chi connectivity index (χ2v) is 7.46. The Bertz CT molecular complexity index is 490. The van der Waals surface area contributed by atoms with Crippen molar-refractivity contribution in [3.8, 4) is 5.75 Å². The highest BCUT2D eigenvalue weighted by Gasteiger charge is 2.41. The molecule has 1 saturated carbocycles. The SMILES string of the molecule is CNC1CC2(CCCC(C)CC2)Oc2cc(Br)ccc21. The lowest BCUT2D eigenvalue weighted by Gasteiger charge is -2.42. The minimum Gasteiger partial charge on any atom is -0.487 e. The number of nitrogens with one attached hydrogen (secondary N) is 1. The molecule has 0 aromatic heterocycles. The molecule has 1 aliphatic carbocycles. The third kappa shape index (κ3) is 2.75. The zero-order valence-electron chi connectivity index (χ0n) is 12.4. The normalized spacial score (nSPS) is 33.4. The van der Waals surface area contributed by atoms with Gasteiger partial charge in [0, 0.05) is 22.5 Å². The Hall–Kier alpha value is -0.540. The summed E-state index contributed by atoms with van der Waals surface area (Å²) in [5.41, 5.74) is 1.35. The highest BCUT2D eigenvalue weighted by atomic mass is 79.9. The van der Waals surface area contributed by atoms with Crippen LogP contribution in [0.15, 0.2) is 22.7 Å². The van der Waals surface area contributed by atoms with Gasteiger partial charge in [0.2, 0.25) is 0 Å². The first-order valence-electron chi connectivity index (χ1n) is 7.78. The summed E-state index contributed by atoms with van der Waals surface area (Å²) in [4.78, 5) is 0. The van der Waals surface area contributed by atoms with E-state index in [1.165, 1.54) is 37.7 Å². The summed E-state index contributed by atoms with van der Waals surface area (Å²) in [5, 5.41) is 3.49. The number of halogens is 1. The molecule has 2 aliphatic rings. The second kappa shape index (κ2) is 5.69. The van der Waals surface area contributed by atoms with Crippen LogP contribution in [-0.4, -0.2) is 12.6 Å². The average molecular weight is 338 g/mol. The quantitative estimate of drug-likeness (QED) is 0.792. The molecular weight excluding hydrogens is 314 g/mol. The zero-order chi connectivity index (χ0) is 14.2. The molecule has 1 N–H and O–H groups in total. The molecule has 1 heterocycles. The summed E-state index contributed by atoms with van der Waals surface area (Å²) < 4.78 is 7.63. The molecule has 0 amide bonds. The number of fused-ring (bicyclic) bond motifs is 1. The van der Waals surface area contributed by atoms with E-state index in [-0.39, 0.29) is 5.60 Å². The molecule has 3 rings (SSSR count). The third-order valence-electron chi connectivity index (χ3n) is 5.02. The van der Waals surface area contributed by atoms with E-state index in [2.05, 4.69) is 53.4 Å². The molecular formula is C17H24BrNO. The first-order chi connectivity index (χ1) is 9.62. The van der Waals surface area contributed by atoms with Crippen molar-refractivity contribution in [2.24, 2.45) is 5.92 Å². The Kier molecular flexibility index (Phi) is 4.09. The molecule has 3 heteroatoms. The Morgan fingerprint density at radius 3 is 2.95 bits per heavy atom. The molecule has 1 aromatic rings. The number of benzene rings is 1. The Morgan fingerprint density at radius 1 is 1.30 bits per heavy atom. The van der Waals surface area contributed by atoms with Gasteiger partial charge in [0.15, 0.2) is 0 Å². The van der Waals surface area contributed by atoms with Crippen LogP contribution in [0.3, 0.4) is 0 Å². The fourth-order valence-corrected chi connectivity index (χ4v) is 4.10. The van der Waals surface area contributed by atoms with Gasteiger partial charge in [-0.1, -0.05) is 35.3 Å². The summed E-state index contributed by atoms with van der Waals surface area (Å²) in [6, 6.07) is 6.85. The van der Waals surface area contributed by atoms with E-state index < -0.39 is 0 Å². The Balaban J connectivity index is 1.92. The molecule has 1 aliphatic heterocycles. The molecule has 1 fully saturated rings. The van der Waals surface area contributed by atoms with Crippen LogP contribution in [0.5, 0.6) is 5.75 Å². The lowest BCUT2D eigenvalue weighted by molar-refractivity contribution is 0.0163. The fraction of sp³-hybridized carbons (Fsp3) is 0.647. The van der Waals surface area contributed by atoms with Crippen LogP contribution in [0, 0.1) is 5.92 Å². The Labute approximate surface area is 130 Å². The molecule has 3 unspecified atom stereocenters. The van der Waals surface area contributed by atoms with Crippen molar-refractivity contribution in [2.45, 2.75) is 57.1 Å². The summed E-state index contributed by atoms with van der Waals surface area (Å²) in [6.07, 6.45) is 7.42. The van der Waals surface area contributed by atoms with E-state index in [4.69, 9.17) is 4.74 Å². The summed E-state index contributed by atoms with van der Waals surface area (Å²) >= 11 is 3.57. The lowest BCUT2D eigenvalue weighted by Crippen LogP contribution is -2.43. The van der Waals surface area contributed by atoms with Gasteiger partial charge in [-0.2, -0.15) is 0 Å². The van der Waals surface area contributed by atoms with E-state index in [1.54, 1.807) is 0 Å². The van der Waals surface area contributed by atoms with E-state index in [9.17, 15) is 0 Å². The van der Waals surface area contributed by atoms with Crippen molar-refractivity contribution in [3.05, 3.63) is 28.2 Å². The molecule has 1 aromatic carbocycles. The Morgan fingerprint density at radius 2 is 2.15 bits per heavy atom. The van der Waals surface area contributed by atoms with Crippen LogP contribution in [0.1, 0.15) is 57.1 Å². The molecule has 20 heavy (non-hydrogen) atoms. The zero-order valence-corrected chi connectivity index (χ0v) is 14.0. The first kappa shape index (κ1) is 14.4. The van der Waals surface area contributed by atoms with E-state index in [1.807, 2.05) is 0 Å². The van der Waals surface area contributed by atoms with Crippen LogP contribution in [0.25, 0.3) is 0 Å². The van der Waals surface area contributed by atoms with E-state index in [0.29, 0.717) is 6.04 Å². The molecule has 1 spiro atoms. The lowest BCUT2D eigenvalue weighted by atomic mass is 9.82. The maximum atomic E-state index is 6.53. The van der Waals surface area contributed by atoms with E-state index >= 15 is 0 Å². The smallest absolute Gasteiger partial charge is 0.126 e. The van der Waals surface area contributed by atoms with Crippen molar-refractivity contribution in [2.75, 3.05) is 7.05 Å². The predicted octanol–water partition coefficient (Wildman–Crippen LogP) is 4.83. The molecule has 0 radical (unpaired) electrons. The van der Waals surface area contributed by atoms with Crippen LogP contribution < -0.4 is 10.1 Å². The number of rotatable bonds is 1. The maximum Gasteiger partial charge on any atom is 0.126 e. The number of hydrogen-bond acceptors (Lipinski definition) is 2. The van der Waals surface area contributed by atoms with E-state index in [0.717, 1.165) is 22.6 Å². The maximum absolute atomic E-state index is 6.53. The predicted molar refractivity (Wildman–Crippen MR) is 86.2 cm³/mol. The van der Waals surface area contributed by atoms with Crippen molar-refractivity contribution in [1.29, 1.82) is 0 Å². The highest BCUT2D eigenvalue weighted by molar-refractivity contribution is 9.10. The van der Waals surface area contributed by atoms with Crippen molar-refractivity contribution in [3.63, 3.8) is 0 Å². The van der Waals surface area contributed by atoms with Crippen LogP contribution in [-0.2, 0) is 0 Å². The minimum atomic E-state index is 0.0478. The van der Waals surface area contributed by atoms with Gasteiger partial charge in [-0.25, -0.2) is 0 Å². The van der Waals surface area contributed by atoms with Crippen LogP contribution in [0.2, 0.25) is 0 Å². The highest BCUT2D eigenvalue weighted by Crippen LogP contribution is 2.46. The number of ether oxygens (including phenoxy) is 1. The van der Waals surface area contributed by atoms with Gasteiger partial charge in [-0.15, -0.1) is 0 Å². The van der Waals surface area contributed by atoms with Gasteiger partial charge in [0.1, 0.15) is 11.4 Å². The second-order valence-electron chi connectivity index (χ2n) is 6.55. The van der Waals surface area contributed by atoms with Crippen LogP contribution in [0.4, 0.5) is 0 Å². The fourth-order valence-electron chi connectivity index (χ4n) is 3.76. The van der Waals surface area contributed by atoms with Gasteiger partial charge >= 0.3 is 0 Å². The van der Waals surface area contributed by atoms with Crippen molar-refractivity contribution < 1.29 is 4.74 Å². The minimum absolute atomic E-state index is 0.0478. The largest absolute Gasteiger partial charge is 0.487 e. The summed E-state index contributed by atoms with van der Waals surface area (Å²) in [6.45, 7) is 2.38. The van der Waals surface area contributed by atoms with Gasteiger partial charge in [0.05, 0.1) is 0 Å². The van der Waals surface area contributed by atoms with Crippen molar-refractivity contribution >= 4 is 15.9 Å². The van der Waals surface area contributed by atoms with Gasteiger partial charge in [-0.05, 0) is 50.8 Å². The molecule has 0 saturated heterocycles. The molecule has 3 atom stereocenters. The average Bonchev–Trinajstić information content (AvgIpc) is 2.60. The standard InChI is InChI=1S/C17H24BrNO/c1-12-4-3-8-17(9-7-12)11-15(19-2)14-6-5-13(18)10-16(14)20-17/h5-6,10,12,15,19H,3-4,7-9,11H2,1-2H3. The number of hydrogen-bond donors (Lipinski definition) is 1. The topological polar surface area (TPSA) is 21.3 Å². The van der Waals surface area contributed by atoms with Gasteiger partial charge in [-0.3, -0.25) is 0 Å².